The minimum atomic E-state index is -0.292. The molecule has 0 heterocycles. The third kappa shape index (κ3) is 1.02. The summed E-state index contributed by atoms with van der Waals surface area (Å²) in [5, 5.41) is 26.6. The lowest BCUT2D eigenvalue weighted by atomic mass is 10.1. The average molecular weight is 160 g/mol. The molecule has 0 spiro atoms. The van der Waals surface area contributed by atoms with Gasteiger partial charge in [0, 0.05) is 0 Å². The molecule has 0 radical (unpaired) electrons. The van der Waals surface area contributed by atoms with Crippen LogP contribution in [0.15, 0.2) is 12.1 Å². The van der Waals surface area contributed by atoms with E-state index < -0.39 is 0 Å². The maximum atomic E-state index is 9.07. The Hall–Kier alpha value is -2.20. The number of nitriles is 1. The van der Waals surface area contributed by atoms with Crippen LogP contribution < -0.4 is 0 Å². The molecule has 0 aliphatic carbocycles. The van der Waals surface area contributed by atoms with Crippen molar-refractivity contribution in [1.82, 2.24) is 0 Å². The summed E-state index contributed by atoms with van der Waals surface area (Å²) in [5.41, 5.74) is -0.400. The van der Waals surface area contributed by atoms with Gasteiger partial charge in [-0.1, -0.05) is 0 Å². The minimum absolute atomic E-state index is 0.190. The monoisotopic (exact) mass is 160 g/mol. The normalized spacial score (nSPS) is 8.50. The Labute approximate surface area is 68.7 Å². The van der Waals surface area contributed by atoms with Gasteiger partial charge in [0.15, 0.2) is 0 Å². The first-order valence-corrected chi connectivity index (χ1v) is 3.03. The lowest BCUT2D eigenvalue weighted by molar-refractivity contribution is 0.461. The van der Waals surface area contributed by atoms with Crippen LogP contribution in [0.4, 0.5) is 5.69 Å². The Bertz CT molecular complexity index is 360. The topological polar surface area (TPSA) is 68.6 Å². The molecule has 0 aliphatic heterocycles. The third-order valence-corrected chi connectivity index (χ3v) is 1.36. The summed E-state index contributed by atoms with van der Waals surface area (Å²) in [6, 6.07) is 3.97. The first kappa shape index (κ1) is 7.90. The van der Waals surface area contributed by atoms with E-state index in [0.29, 0.717) is 0 Å². The molecule has 0 saturated carbocycles. The van der Waals surface area contributed by atoms with Gasteiger partial charge < -0.3 is 10.2 Å². The van der Waals surface area contributed by atoms with Crippen molar-refractivity contribution in [1.29, 1.82) is 5.26 Å². The number of nitrogens with zero attached hydrogens (tertiary/aromatic N) is 2. The zero-order chi connectivity index (χ0) is 9.14. The highest BCUT2D eigenvalue weighted by atomic mass is 16.3. The third-order valence-electron chi connectivity index (χ3n) is 1.36. The van der Waals surface area contributed by atoms with E-state index in [2.05, 4.69) is 4.85 Å². The Morgan fingerprint density at radius 1 is 1.33 bits per heavy atom. The SMILES string of the molecule is [C-]#[N+]c1c(O)ccc(O)c1C#N. The Kier molecular flexibility index (Phi) is 1.85. The highest BCUT2D eigenvalue weighted by molar-refractivity contribution is 5.70. The highest BCUT2D eigenvalue weighted by Crippen LogP contribution is 2.35. The number of benzene rings is 1. The van der Waals surface area contributed by atoms with E-state index in [1.807, 2.05) is 0 Å². The number of hydrogen-bond donors (Lipinski definition) is 2. The van der Waals surface area contributed by atoms with Gasteiger partial charge in [0.2, 0.25) is 5.69 Å². The molecule has 0 aromatic heterocycles. The first-order chi connectivity index (χ1) is 5.70. The second kappa shape index (κ2) is 2.81. The standard InChI is InChI=1S/C8H4N2O2/c1-10-8-5(4-9)6(11)2-3-7(8)12/h2-3,11-12H. The number of aromatic hydroxyl groups is 2. The molecule has 1 aromatic rings. The Morgan fingerprint density at radius 2 is 1.92 bits per heavy atom. The molecule has 1 aromatic carbocycles. The van der Waals surface area contributed by atoms with E-state index in [1.54, 1.807) is 6.07 Å². The van der Waals surface area contributed by atoms with Crippen LogP contribution in [-0.4, -0.2) is 10.2 Å². The zero-order valence-electron chi connectivity index (χ0n) is 5.94. The number of hydrogen-bond acceptors (Lipinski definition) is 3. The van der Waals surface area contributed by atoms with Gasteiger partial charge in [-0.05, 0) is 12.1 Å². The maximum absolute atomic E-state index is 9.07. The number of rotatable bonds is 0. The molecule has 58 valence electrons. The van der Waals surface area contributed by atoms with Gasteiger partial charge in [-0.25, -0.2) is 4.85 Å². The van der Waals surface area contributed by atoms with Crippen LogP contribution in [0.5, 0.6) is 11.5 Å². The van der Waals surface area contributed by atoms with Gasteiger partial charge in [0.05, 0.1) is 12.6 Å². The average Bonchev–Trinajstić information content (AvgIpc) is 2.08. The number of phenols is 2. The fourth-order valence-corrected chi connectivity index (χ4v) is 0.793. The van der Waals surface area contributed by atoms with Crippen LogP contribution in [0.25, 0.3) is 4.85 Å². The van der Waals surface area contributed by atoms with Gasteiger partial charge >= 0.3 is 0 Å². The molecule has 0 amide bonds. The van der Waals surface area contributed by atoms with Crippen molar-refractivity contribution in [2.24, 2.45) is 0 Å². The minimum Gasteiger partial charge on any atom is -0.519 e. The van der Waals surface area contributed by atoms with Crippen molar-refractivity contribution in [3.8, 4) is 17.6 Å². The van der Waals surface area contributed by atoms with Gasteiger partial charge in [0.1, 0.15) is 17.1 Å². The molecular weight excluding hydrogens is 156 g/mol. The summed E-state index contributed by atoms with van der Waals surface area (Å²) < 4.78 is 0. The summed E-state index contributed by atoms with van der Waals surface area (Å²) in [4.78, 5) is 2.92. The van der Waals surface area contributed by atoms with Gasteiger partial charge in [-0.2, -0.15) is 5.26 Å². The van der Waals surface area contributed by atoms with Crippen molar-refractivity contribution in [2.45, 2.75) is 0 Å². The predicted molar refractivity (Wildman–Crippen MR) is 40.7 cm³/mol. The lowest BCUT2D eigenvalue weighted by Gasteiger charge is -1.99. The second-order valence-corrected chi connectivity index (χ2v) is 2.05. The molecule has 0 atom stereocenters. The summed E-state index contributed by atoms with van der Waals surface area (Å²) in [7, 11) is 0. The van der Waals surface area contributed by atoms with Crippen LogP contribution in [-0.2, 0) is 0 Å². The molecule has 0 aliphatic rings. The van der Waals surface area contributed by atoms with Gasteiger partial charge in [-0.3, -0.25) is 0 Å². The lowest BCUT2D eigenvalue weighted by Crippen LogP contribution is -1.77. The van der Waals surface area contributed by atoms with Gasteiger partial charge in [-0.15, -0.1) is 0 Å². The first-order valence-electron chi connectivity index (χ1n) is 3.03. The van der Waals surface area contributed by atoms with Crippen molar-refractivity contribution >= 4 is 5.69 Å². The van der Waals surface area contributed by atoms with E-state index in [0.717, 1.165) is 0 Å². The fourth-order valence-electron chi connectivity index (χ4n) is 0.793. The fraction of sp³-hybridized carbons (Fsp3) is 0. The maximum Gasteiger partial charge on any atom is 0.248 e. The Balaban J connectivity index is 3.55. The van der Waals surface area contributed by atoms with E-state index in [1.165, 1.54) is 12.1 Å². The smallest absolute Gasteiger partial charge is 0.248 e. The van der Waals surface area contributed by atoms with E-state index >= 15 is 0 Å². The Morgan fingerprint density at radius 3 is 2.33 bits per heavy atom. The second-order valence-electron chi connectivity index (χ2n) is 2.05. The number of phenolic OH excluding ortho intramolecular Hbond substituents is 2. The molecule has 0 fully saturated rings. The van der Waals surface area contributed by atoms with Crippen molar-refractivity contribution in [3.63, 3.8) is 0 Å². The molecule has 2 N–H and O–H groups in total. The van der Waals surface area contributed by atoms with Crippen LogP contribution >= 0.6 is 0 Å². The molecule has 0 saturated heterocycles. The summed E-state index contributed by atoms with van der Waals surface area (Å²) in [6.07, 6.45) is 0. The van der Waals surface area contributed by atoms with Crippen LogP contribution in [0.2, 0.25) is 0 Å². The molecule has 1 rings (SSSR count). The zero-order valence-corrected chi connectivity index (χ0v) is 5.94. The van der Waals surface area contributed by atoms with Gasteiger partial charge in [0.25, 0.3) is 0 Å². The van der Waals surface area contributed by atoms with Crippen molar-refractivity contribution in [3.05, 3.63) is 29.1 Å². The largest absolute Gasteiger partial charge is 0.519 e. The highest BCUT2D eigenvalue weighted by Gasteiger charge is 2.11. The summed E-state index contributed by atoms with van der Waals surface area (Å²) >= 11 is 0. The molecule has 12 heavy (non-hydrogen) atoms. The van der Waals surface area contributed by atoms with E-state index in [-0.39, 0.29) is 22.7 Å². The quantitative estimate of drug-likeness (QED) is 0.446. The van der Waals surface area contributed by atoms with E-state index in [9.17, 15) is 0 Å². The summed E-state index contributed by atoms with van der Waals surface area (Å²) in [5.74, 6) is -0.583. The molecule has 0 unspecified atom stereocenters. The van der Waals surface area contributed by atoms with Crippen LogP contribution in [0, 0.1) is 17.9 Å². The molecular formula is C8H4N2O2. The summed E-state index contributed by atoms with van der Waals surface area (Å²) in [6.45, 7) is 6.63. The van der Waals surface area contributed by atoms with Crippen LogP contribution in [0.3, 0.4) is 0 Å². The van der Waals surface area contributed by atoms with E-state index in [4.69, 9.17) is 22.0 Å². The predicted octanol–water partition coefficient (Wildman–Crippen LogP) is 1.52. The van der Waals surface area contributed by atoms with Crippen molar-refractivity contribution < 1.29 is 10.2 Å². The molecule has 4 nitrogen and oxygen atoms in total. The van der Waals surface area contributed by atoms with Crippen LogP contribution in [0.1, 0.15) is 5.56 Å². The molecule has 4 heteroatoms. The van der Waals surface area contributed by atoms with Crippen molar-refractivity contribution in [2.75, 3.05) is 0 Å². The molecule has 0 bridgehead atoms.